The third kappa shape index (κ3) is 3.68. The van der Waals surface area contributed by atoms with Gasteiger partial charge in [-0.1, -0.05) is 0 Å². The fourth-order valence-electron chi connectivity index (χ4n) is 0.976. The van der Waals surface area contributed by atoms with Crippen LogP contribution in [0.2, 0.25) is 0 Å². The summed E-state index contributed by atoms with van der Waals surface area (Å²) in [4.78, 5) is 0. The first-order chi connectivity index (χ1) is 4.61. The molecule has 68 valence electrons. The van der Waals surface area contributed by atoms with Crippen molar-refractivity contribution in [2.45, 2.75) is 0 Å². The van der Waals surface area contributed by atoms with Crippen LogP contribution < -0.4 is 5.32 Å². The van der Waals surface area contributed by atoms with E-state index in [1.54, 1.807) is 0 Å². The molecule has 0 radical (unpaired) electrons. The van der Waals surface area contributed by atoms with Gasteiger partial charge in [0.15, 0.2) is 0 Å². The number of hydrogen-bond donors (Lipinski definition) is 1. The Balaban J connectivity index is 0.000001000. The Bertz CT molecular complexity index is 199. The second kappa shape index (κ2) is 4.58. The van der Waals surface area contributed by atoms with Gasteiger partial charge >= 0.3 is 0 Å². The Morgan fingerprint density at radius 2 is 1.73 bits per heavy atom. The first kappa shape index (κ1) is 11.6. The molecule has 6 heteroatoms. The highest BCUT2D eigenvalue weighted by Gasteiger charge is 2.17. The normalized spacial score (nSPS) is 20.8. The molecule has 0 atom stereocenters. The zero-order chi connectivity index (χ0) is 7.61. The summed E-state index contributed by atoms with van der Waals surface area (Å²) >= 11 is 0. The molecule has 1 rings (SSSR count). The second-order valence-corrected chi connectivity index (χ2v) is 4.39. The lowest BCUT2D eigenvalue weighted by molar-refractivity contribution is 0.363. The van der Waals surface area contributed by atoms with Crippen LogP contribution >= 0.6 is 24.0 Å². The summed E-state index contributed by atoms with van der Waals surface area (Å²) in [5.74, 6) is 0. The molecule has 1 heterocycles. The summed E-state index contributed by atoms with van der Waals surface area (Å²) in [6.45, 7) is 2.76. The highest BCUT2D eigenvalue weighted by molar-refractivity contribution is 14.0. The van der Waals surface area contributed by atoms with Gasteiger partial charge < -0.3 is 5.32 Å². The van der Waals surface area contributed by atoms with Crippen LogP contribution in [0.4, 0.5) is 0 Å². The Labute approximate surface area is 84.4 Å². The number of nitrogens with zero attached hydrogens (tertiary/aromatic N) is 1. The molecular weight excluding hydrogens is 279 g/mol. The molecule has 1 fully saturated rings. The molecule has 0 aliphatic carbocycles. The van der Waals surface area contributed by atoms with Gasteiger partial charge in [0.2, 0.25) is 10.0 Å². The maximum absolute atomic E-state index is 10.9. The van der Waals surface area contributed by atoms with Crippen molar-refractivity contribution >= 4 is 34.0 Å². The third-order valence-electron chi connectivity index (χ3n) is 1.54. The number of rotatable bonds is 1. The van der Waals surface area contributed by atoms with Gasteiger partial charge in [-0.05, 0) is 0 Å². The average molecular weight is 292 g/mol. The van der Waals surface area contributed by atoms with E-state index in [2.05, 4.69) is 5.32 Å². The van der Waals surface area contributed by atoms with Crippen molar-refractivity contribution in [1.82, 2.24) is 9.62 Å². The maximum Gasteiger partial charge on any atom is 0.211 e. The van der Waals surface area contributed by atoms with E-state index >= 15 is 0 Å². The van der Waals surface area contributed by atoms with E-state index in [-0.39, 0.29) is 24.0 Å². The molecule has 0 aromatic rings. The molecule has 11 heavy (non-hydrogen) atoms. The van der Waals surface area contributed by atoms with Crippen LogP contribution in [-0.2, 0) is 10.0 Å². The van der Waals surface area contributed by atoms with Gasteiger partial charge in [-0.3, -0.25) is 0 Å². The maximum atomic E-state index is 10.9. The monoisotopic (exact) mass is 292 g/mol. The van der Waals surface area contributed by atoms with Crippen LogP contribution in [0.25, 0.3) is 0 Å². The summed E-state index contributed by atoms with van der Waals surface area (Å²) in [7, 11) is -2.93. The van der Waals surface area contributed by atoms with Gasteiger partial charge in [-0.2, -0.15) is 4.31 Å². The van der Waals surface area contributed by atoms with Crippen molar-refractivity contribution in [2.75, 3.05) is 32.4 Å². The van der Waals surface area contributed by atoms with Gasteiger partial charge in [0.25, 0.3) is 0 Å². The van der Waals surface area contributed by atoms with Gasteiger partial charge in [-0.25, -0.2) is 8.42 Å². The van der Waals surface area contributed by atoms with E-state index in [9.17, 15) is 8.42 Å². The van der Waals surface area contributed by atoms with Crippen LogP contribution in [0.5, 0.6) is 0 Å². The topological polar surface area (TPSA) is 49.4 Å². The summed E-state index contributed by atoms with van der Waals surface area (Å²) in [5.41, 5.74) is 0. The lowest BCUT2D eigenvalue weighted by Crippen LogP contribution is -2.45. The molecule has 1 saturated heterocycles. The number of halogens is 1. The van der Waals surface area contributed by atoms with Gasteiger partial charge in [0.05, 0.1) is 6.26 Å². The average Bonchev–Trinajstić information content (AvgIpc) is 1.88. The molecule has 0 unspecified atom stereocenters. The standard InChI is InChI=1S/C5H12N2O2S.HI/c1-10(8,9)7-4-2-6-3-5-7;/h6H,2-5H2,1H3;1H. The number of nitrogens with one attached hydrogen (secondary N) is 1. The summed E-state index contributed by atoms with van der Waals surface area (Å²) in [6.07, 6.45) is 1.25. The minimum atomic E-state index is -2.93. The van der Waals surface area contributed by atoms with Crippen molar-refractivity contribution in [3.63, 3.8) is 0 Å². The first-order valence-electron chi connectivity index (χ1n) is 3.26. The molecule has 0 bridgehead atoms. The largest absolute Gasteiger partial charge is 0.314 e. The third-order valence-corrected chi connectivity index (χ3v) is 2.85. The summed E-state index contributed by atoms with van der Waals surface area (Å²) < 4.78 is 23.3. The lowest BCUT2D eigenvalue weighted by atomic mass is 10.4. The molecule has 0 saturated carbocycles. The van der Waals surface area contributed by atoms with Gasteiger partial charge in [0, 0.05) is 26.2 Å². The Kier molecular flexibility index (Phi) is 4.83. The fourth-order valence-corrected chi connectivity index (χ4v) is 1.82. The van der Waals surface area contributed by atoms with Crippen LogP contribution in [0.3, 0.4) is 0 Å². The second-order valence-electron chi connectivity index (χ2n) is 2.41. The number of piperazine rings is 1. The van der Waals surface area contributed by atoms with E-state index in [0.717, 1.165) is 13.1 Å². The Morgan fingerprint density at radius 1 is 1.27 bits per heavy atom. The molecule has 0 aromatic heterocycles. The van der Waals surface area contributed by atoms with Crippen molar-refractivity contribution in [3.05, 3.63) is 0 Å². The molecule has 4 nitrogen and oxygen atoms in total. The fraction of sp³-hybridized carbons (Fsp3) is 1.00. The molecule has 1 aliphatic rings. The molecule has 0 amide bonds. The van der Waals surface area contributed by atoms with E-state index < -0.39 is 10.0 Å². The zero-order valence-corrected chi connectivity index (χ0v) is 9.56. The smallest absolute Gasteiger partial charge is 0.211 e. The van der Waals surface area contributed by atoms with E-state index in [1.165, 1.54) is 10.6 Å². The van der Waals surface area contributed by atoms with E-state index in [4.69, 9.17) is 0 Å². The Morgan fingerprint density at radius 3 is 2.00 bits per heavy atom. The minimum Gasteiger partial charge on any atom is -0.314 e. The molecule has 0 spiro atoms. The van der Waals surface area contributed by atoms with Crippen LogP contribution in [0, 0.1) is 0 Å². The highest BCUT2D eigenvalue weighted by atomic mass is 127. The predicted octanol–water partition coefficient (Wildman–Crippen LogP) is -0.531. The van der Waals surface area contributed by atoms with Crippen molar-refractivity contribution in [1.29, 1.82) is 0 Å². The van der Waals surface area contributed by atoms with Crippen molar-refractivity contribution < 1.29 is 8.42 Å². The van der Waals surface area contributed by atoms with Crippen LogP contribution in [-0.4, -0.2) is 45.2 Å². The Hall–Kier alpha value is 0.600. The first-order valence-corrected chi connectivity index (χ1v) is 5.11. The number of hydrogen-bond acceptors (Lipinski definition) is 3. The molecule has 1 N–H and O–H groups in total. The summed E-state index contributed by atoms with van der Waals surface area (Å²) in [5, 5.41) is 3.08. The van der Waals surface area contributed by atoms with Crippen LogP contribution in [0.15, 0.2) is 0 Å². The summed E-state index contributed by atoms with van der Waals surface area (Å²) in [6, 6.07) is 0. The van der Waals surface area contributed by atoms with E-state index in [1.807, 2.05) is 0 Å². The zero-order valence-electron chi connectivity index (χ0n) is 6.41. The van der Waals surface area contributed by atoms with Crippen LogP contribution in [0.1, 0.15) is 0 Å². The molecular formula is C5H13IN2O2S. The molecule has 1 aliphatic heterocycles. The predicted molar refractivity (Wildman–Crippen MR) is 54.7 cm³/mol. The lowest BCUT2D eigenvalue weighted by Gasteiger charge is -2.24. The number of sulfonamides is 1. The highest BCUT2D eigenvalue weighted by Crippen LogP contribution is 1.97. The van der Waals surface area contributed by atoms with Crippen molar-refractivity contribution in [2.24, 2.45) is 0 Å². The van der Waals surface area contributed by atoms with Gasteiger partial charge in [-0.15, -0.1) is 24.0 Å². The quantitative estimate of drug-likeness (QED) is 0.661. The van der Waals surface area contributed by atoms with E-state index in [0.29, 0.717) is 13.1 Å². The minimum absolute atomic E-state index is 0. The SMILES string of the molecule is CS(=O)(=O)N1CCNCC1.I. The van der Waals surface area contributed by atoms with Crippen molar-refractivity contribution in [3.8, 4) is 0 Å². The molecule has 0 aromatic carbocycles. The van der Waals surface area contributed by atoms with Gasteiger partial charge in [0.1, 0.15) is 0 Å².